The smallest absolute Gasteiger partial charge is 0.272 e. The maximum absolute atomic E-state index is 12.6. The lowest BCUT2D eigenvalue weighted by molar-refractivity contribution is -0.127. The summed E-state index contributed by atoms with van der Waals surface area (Å²) in [6.07, 6.45) is 3.32. The second-order valence-electron chi connectivity index (χ2n) is 6.31. The lowest BCUT2D eigenvalue weighted by Crippen LogP contribution is -2.55. The molecule has 5 heteroatoms. The van der Waals surface area contributed by atoms with Crippen LogP contribution in [0.1, 0.15) is 63.7 Å². The molecule has 0 aliphatic carbocycles. The normalized spacial score (nSPS) is 11.1. The van der Waals surface area contributed by atoms with Gasteiger partial charge in [0, 0.05) is 17.0 Å². The molecule has 0 aliphatic heterocycles. The molecule has 122 valence electrons. The van der Waals surface area contributed by atoms with Crippen molar-refractivity contribution < 1.29 is 9.59 Å². The number of hydrogen-bond donors (Lipinski definition) is 1. The van der Waals surface area contributed by atoms with Crippen molar-refractivity contribution in [1.29, 1.82) is 0 Å². The summed E-state index contributed by atoms with van der Waals surface area (Å²) in [5, 5.41) is 1.97. The number of benzene rings is 1. The third kappa shape index (κ3) is 5.68. The van der Waals surface area contributed by atoms with E-state index in [1.54, 1.807) is 24.3 Å². The van der Waals surface area contributed by atoms with E-state index in [2.05, 4.69) is 12.3 Å². The summed E-state index contributed by atoms with van der Waals surface area (Å²) in [6, 6.07) is 6.65. The fourth-order valence-electron chi connectivity index (χ4n) is 1.96. The van der Waals surface area contributed by atoms with Crippen LogP contribution in [0.3, 0.4) is 0 Å². The molecule has 1 N–H and O–H groups in total. The Balaban J connectivity index is 2.82. The topological polar surface area (TPSA) is 49.4 Å². The Kier molecular flexibility index (Phi) is 6.88. The summed E-state index contributed by atoms with van der Waals surface area (Å²) >= 11 is 5.85. The lowest BCUT2D eigenvalue weighted by atomic mass is 10.1. The summed E-state index contributed by atoms with van der Waals surface area (Å²) in [5.74, 6) is -0.376. The minimum absolute atomic E-state index is 0.134. The molecular weight excluding hydrogens is 300 g/mol. The fourth-order valence-corrected chi connectivity index (χ4v) is 2.09. The first-order valence-corrected chi connectivity index (χ1v) is 8.03. The molecule has 0 heterocycles. The van der Waals surface area contributed by atoms with Gasteiger partial charge < -0.3 is 0 Å². The van der Waals surface area contributed by atoms with Crippen LogP contribution < -0.4 is 5.43 Å². The molecule has 0 fully saturated rings. The Hall–Kier alpha value is -1.55. The number of nitrogens with one attached hydrogen (secondary N) is 1. The number of amides is 2. The highest BCUT2D eigenvalue weighted by atomic mass is 35.5. The number of unbranched alkanes of at least 4 members (excludes halogenated alkanes) is 2. The van der Waals surface area contributed by atoms with Crippen molar-refractivity contribution in [2.45, 2.75) is 58.9 Å². The molecule has 0 radical (unpaired) electrons. The van der Waals surface area contributed by atoms with Gasteiger partial charge in [0.05, 0.1) is 5.54 Å². The molecule has 0 bridgehead atoms. The summed E-state index contributed by atoms with van der Waals surface area (Å²) in [5.41, 5.74) is 2.72. The van der Waals surface area contributed by atoms with E-state index in [4.69, 9.17) is 11.6 Å². The zero-order valence-corrected chi connectivity index (χ0v) is 14.5. The molecule has 0 aromatic heterocycles. The van der Waals surface area contributed by atoms with Crippen LogP contribution in [0.5, 0.6) is 0 Å². The molecule has 0 atom stereocenters. The Labute approximate surface area is 137 Å². The largest absolute Gasteiger partial charge is 0.273 e. The second kappa shape index (κ2) is 8.18. The Morgan fingerprint density at radius 3 is 2.23 bits per heavy atom. The number of hydrogen-bond acceptors (Lipinski definition) is 2. The summed E-state index contributed by atoms with van der Waals surface area (Å²) in [4.78, 5) is 24.7. The van der Waals surface area contributed by atoms with Crippen molar-refractivity contribution >= 4 is 23.4 Å². The number of nitrogens with zero attached hydrogens (tertiary/aromatic N) is 1. The van der Waals surface area contributed by atoms with Gasteiger partial charge in [-0.2, -0.15) is 0 Å². The first-order chi connectivity index (χ1) is 10.3. The van der Waals surface area contributed by atoms with E-state index in [-0.39, 0.29) is 11.8 Å². The van der Waals surface area contributed by atoms with E-state index in [9.17, 15) is 9.59 Å². The van der Waals surface area contributed by atoms with Crippen molar-refractivity contribution in [3.63, 3.8) is 0 Å². The maximum Gasteiger partial charge on any atom is 0.272 e. The number of carbonyl (C=O) groups is 2. The molecule has 0 saturated carbocycles. The zero-order chi connectivity index (χ0) is 16.8. The van der Waals surface area contributed by atoms with Crippen molar-refractivity contribution in [2.75, 3.05) is 0 Å². The van der Waals surface area contributed by atoms with Crippen molar-refractivity contribution in [2.24, 2.45) is 0 Å². The number of hydrazine groups is 1. The van der Waals surface area contributed by atoms with Gasteiger partial charge in [-0.15, -0.1) is 0 Å². The van der Waals surface area contributed by atoms with E-state index in [1.165, 1.54) is 5.01 Å². The molecule has 4 nitrogen and oxygen atoms in total. The molecule has 1 aromatic rings. The van der Waals surface area contributed by atoms with Gasteiger partial charge >= 0.3 is 0 Å². The van der Waals surface area contributed by atoms with Crippen LogP contribution in [-0.2, 0) is 4.79 Å². The van der Waals surface area contributed by atoms with Crippen LogP contribution in [0.25, 0.3) is 0 Å². The van der Waals surface area contributed by atoms with Crippen LogP contribution in [0, 0.1) is 0 Å². The van der Waals surface area contributed by atoms with Crippen molar-refractivity contribution in [3.05, 3.63) is 34.9 Å². The van der Waals surface area contributed by atoms with E-state index >= 15 is 0 Å². The van der Waals surface area contributed by atoms with E-state index < -0.39 is 5.54 Å². The summed E-state index contributed by atoms with van der Waals surface area (Å²) < 4.78 is 0. The highest BCUT2D eigenvalue weighted by Gasteiger charge is 2.29. The quantitative estimate of drug-likeness (QED) is 0.652. The number of rotatable bonds is 5. The predicted octanol–water partition coefficient (Wildman–Crippen LogP) is 4.19. The molecule has 1 aromatic carbocycles. The van der Waals surface area contributed by atoms with E-state index in [0.717, 1.165) is 19.3 Å². The van der Waals surface area contributed by atoms with Crippen LogP contribution in [-0.4, -0.2) is 22.4 Å². The first-order valence-electron chi connectivity index (χ1n) is 7.65. The van der Waals surface area contributed by atoms with Gasteiger partial charge in [-0.25, -0.2) is 5.01 Å². The highest BCUT2D eigenvalue weighted by Crippen LogP contribution is 2.17. The third-order valence-electron chi connectivity index (χ3n) is 3.21. The average molecular weight is 325 g/mol. The molecular formula is C17H25ClN2O2. The number of halogens is 1. The van der Waals surface area contributed by atoms with Crippen LogP contribution in [0.4, 0.5) is 0 Å². The Bertz CT molecular complexity index is 506. The second-order valence-corrected chi connectivity index (χ2v) is 6.75. The fraction of sp³-hybridized carbons (Fsp3) is 0.529. The average Bonchev–Trinajstić information content (AvgIpc) is 2.44. The third-order valence-corrected chi connectivity index (χ3v) is 3.46. The standard InChI is InChI=1S/C17H25ClN2O2/c1-5-6-7-8-15(21)19-20(17(2,3)4)16(22)13-9-11-14(18)12-10-13/h9-12H,5-8H2,1-4H3,(H,19,21). The molecule has 1 rings (SSSR count). The minimum Gasteiger partial charge on any atom is -0.273 e. The monoisotopic (exact) mass is 324 g/mol. The molecule has 0 unspecified atom stereocenters. The lowest BCUT2D eigenvalue weighted by Gasteiger charge is -2.35. The number of carbonyl (C=O) groups excluding carboxylic acids is 2. The summed E-state index contributed by atoms with van der Waals surface area (Å²) in [7, 11) is 0. The van der Waals surface area contributed by atoms with Crippen LogP contribution in [0.15, 0.2) is 24.3 Å². The van der Waals surface area contributed by atoms with Crippen LogP contribution in [0.2, 0.25) is 5.02 Å². The van der Waals surface area contributed by atoms with Crippen molar-refractivity contribution in [1.82, 2.24) is 10.4 Å². The minimum atomic E-state index is -0.517. The van der Waals surface area contributed by atoms with Gasteiger partial charge in [0.15, 0.2) is 0 Å². The van der Waals surface area contributed by atoms with E-state index in [0.29, 0.717) is 17.0 Å². The molecule has 22 heavy (non-hydrogen) atoms. The van der Waals surface area contributed by atoms with Crippen LogP contribution >= 0.6 is 11.6 Å². The maximum atomic E-state index is 12.6. The van der Waals surface area contributed by atoms with E-state index in [1.807, 2.05) is 20.8 Å². The molecule has 2 amide bonds. The first kappa shape index (κ1) is 18.5. The molecule has 0 aliphatic rings. The van der Waals surface area contributed by atoms with Gasteiger partial charge in [-0.1, -0.05) is 31.4 Å². The van der Waals surface area contributed by atoms with Crippen molar-refractivity contribution in [3.8, 4) is 0 Å². The molecule has 0 saturated heterocycles. The van der Waals surface area contributed by atoms with Gasteiger partial charge in [0.25, 0.3) is 5.91 Å². The van der Waals surface area contributed by atoms with Gasteiger partial charge in [-0.05, 0) is 51.5 Å². The summed E-state index contributed by atoms with van der Waals surface area (Å²) in [6.45, 7) is 7.73. The highest BCUT2D eigenvalue weighted by molar-refractivity contribution is 6.30. The molecule has 0 spiro atoms. The van der Waals surface area contributed by atoms with Gasteiger partial charge in [0.1, 0.15) is 0 Å². The Morgan fingerprint density at radius 1 is 1.14 bits per heavy atom. The SMILES string of the molecule is CCCCCC(=O)NN(C(=O)c1ccc(Cl)cc1)C(C)(C)C. The van der Waals surface area contributed by atoms with Gasteiger partial charge in [-0.3, -0.25) is 15.0 Å². The zero-order valence-electron chi connectivity index (χ0n) is 13.8. The predicted molar refractivity (Wildman–Crippen MR) is 89.7 cm³/mol. The van der Waals surface area contributed by atoms with Gasteiger partial charge in [0.2, 0.25) is 5.91 Å². The Morgan fingerprint density at radius 2 is 1.73 bits per heavy atom.